The molecule has 1 N–H and O–H groups in total. The number of nitrogens with zero attached hydrogens (tertiary/aromatic N) is 2. The molecule has 8 nitrogen and oxygen atoms in total. The second kappa shape index (κ2) is 10.5. The molecule has 3 amide bonds. The van der Waals surface area contributed by atoms with E-state index < -0.39 is 57.1 Å². The van der Waals surface area contributed by atoms with E-state index in [1.807, 2.05) is 30.3 Å². The summed E-state index contributed by atoms with van der Waals surface area (Å²) in [7, 11) is 0. The van der Waals surface area contributed by atoms with Crippen molar-refractivity contribution in [2.45, 2.75) is 28.9 Å². The Hall–Kier alpha value is -4.62. The van der Waals surface area contributed by atoms with Gasteiger partial charge in [0, 0.05) is 11.1 Å². The summed E-state index contributed by atoms with van der Waals surface area (Å²) in [5.74, 6) is -3.93. The summed E-state index contributed by atoms with van der Waals surface area (Å²) in [5, 5.41) is 3.71. The number of anilines is 2. The number of para-hydroxylation sites is 1. The molecule has 44 heavy (non-hydrogen) atoms. The lowest BCUT2D eigenvalue weighted by molar-refractivity contribution is -0.137. The second-order valence-electron chi connectivity index (χ2n) is 10.3. The van der Waals surface area contributed by atoms with Crippen LogP contribution in [-0.2, 0) is 27.1 Å². The van der Waals surface area contributed by atoms with Crippen LogP contribution in [-0.4, -0.2) is 27.5 Å². The summed E-state index contributed by atoms with van der Waals surface area (Å²) in [6, 6.07) is 20.5. The third kappa shape index (κ3) is 4.54. The smallest absolute Gasteiger partial charge is 0.418 e. The molecule has 4 heterocycles. The van der Waals surface area contributed by atoms with E-state index in [1.54, 1.807) is 24.3 Å². The Labute approximate surface area is 255 Å². The van der Waals surface area contributed by atoms with Gasteiger partial charge in [-0.15, -0.1) is 0 Å². The Kier molecular flexibility index (Phi) is 6.74. The zero-order valence-electron chi connectivity index (χ0n) is 22.4. The number of amides is 3. The van der Waals surface area contributed by atoms with Crippen LogP contribution in [0, 0.1) is 5.92 Å². The largest absolute Gasteiger partial charge is 0.469 e. The molecule has 2 aromatic heterocycles. The molecule has 0 saturated carbocycles. The van der Waals surface area contributed by atoms with Crippen LogP contribution in [0.4, 0.5) is 24.5 Å². The summed E-state index contributed by atoms with van der Waals surface area (Å²) < 4.78 is 48.6. The molecule has 0 spiro atoms. The maximum absolute atomic E-state index is 13.9. The fraction of sp³-hybridized carbons (Fsp3) is 0.161. The molecule has 0 radical (unpaired) electrons. The molecule has 3 atom stereocenters. The highest BCUT2D eigenvalue weighted by Crippen LogP contribution is 2.54. The Balaban J connectivity index is 1.27. The number of imide groups is 1. The van der Waals surface area contributed by atoms with Crippen LogP contribution >= 0.6 is 23.1 Å². The fourth-order valence-electron chi connectivity index (χ4n) is 5.84. The number of aromatic nitrogens is 1. The molecule has 0 aliphatic carbocycles. The molecule has 13 heteroatoms. The molecule has 0 bridgehead atoms. The van der Waals surface area contributed by atoms with Gasteiger partial charge in [0.05, 0.1) is 39.3 Å². The fourth-order valence-corrected chi connectivity index (χ4v) is 8.60. The topological polar surface area (TPSA) is 102 Å². The third-order valence-electron chi connectivity index (χ3n) is 7.71. The zero-order valence-corrected chi connectivity index (χ0v) is 24.0. The first-order valence-electron chi connectivity index (χ1n) is 13.4. The maximum Gasteiger partial charge on any atom is 0.418 e. The number of alkyl halides is 3. The van der Waals surface area contributed by atoms with Gasteiger partial charge in [-0.05, 0) is 35.7 Å². The Morgan fingerprint density at radius 1 is 0.909 bits per heavy atom. The van der Waals surface area contributed by atoms with E-state index in [2.05, 4.69) is 5.32 Å². The number of hydrogen-bond donors (Lipinski definition) is 1. The number of furan rings is 1. The molecule has 2 aliphatic heterocycles. The number of rotatable bonds is 5. The number of thiazole rings is 1. The van der Waals surface area contributed by atoms with Gasteiger partial charge in [-0.1, -0.05) is 71.6 Å². The van der Waals surface area contributed by atoms with E-state index >= 15 is 0 Å². The summed E-state index contributed by atoms with van der Waals surface area (Å²) in [5.41, 5.74) is -1.11. The normalized spacial score (nSPS) is 19.7. The Morgan fingerprint density at radius 2 is 1.66 bits per heavy atom. The summed E-state index contributed by atoms with van der Waals surface area (Å²) in [4.78, 5) is 54.7. The minimum atomic E-state index is -4.81. The lowest BCUT2D eigenvalue weighted by atomic mass is 9.86. The van der Waals surface area contributed by atoms with E-state index in [0.29, 0.717) is 20.5 Å². The summed E-state index contributed by atoms with van der Waals surface area (Å²) in [6.45, 7) is -0.383. The quantitative estimate of drug-likeness (QED) is 0.234. The van der Waals surface area contributed by atoms with Gasteiger partial charge in [-0.25, -0.2) is 4.90 Å². The highest BCUT2D eigenvalue weighted by Gasteiger charge is 2.58. The van der Waals surface area contributed by atoms with Crippen LogP contribution in [0.2, 0.25) is 0 Å². The summed E-state index contributed by atoms with van der Waals surface area (Å²) in [6.07, 6.45) is -3.43. The maximum atomic E-state index is 13.9. The summed E-state index contributed by atoms with van der Waals surface area (Å²) >= 11 is 1.72. The van der Waals surface area contributed by atoms with Gasteiger partial charge < -0.3 is 9.73 Å². The number of benzene rings is 3. The predicted molar refractivity (Wildman–Crippen MR) is 159 cm³/mol. The highest BCUT2D eigenvalue weighted by molar-refractivity contribution is 8.00. The number of hydrogen-bond acceptors (Lipinski definition) is 7. The average molecular weight is 636 g/mol. The van der Waals surface area contributed by atoms with Crippen LogP contribution in [0.15, 0.2) is 99.4 Å². The van der Waals surface area contributed by atoms with E-state index in [9.17, 15) is 32.3 Å². The van der Waals surface area contributed by atoms with Crippen molar-refractivity contribution in [2.24, 2.45) is 5.92 Å². The number of halogens is 3. The van der Waals surface area contributed by atoms with Gasteiger partial charge in [0.15, 0.2) is 0 Å². The zero-order chi connectivity index (χ0) is 30.7. The first-order chi connectivity index (χ1) is 21.1. The van der Waals surface area contributed by atoms with Gasteiger partial charge in [0.25, 0.3) is 0 Å². The van der Waals surface area contributed by atoms with Crippen molar-refractivity contribution in [1.29, 1.82) is 0 Å². The number of thioether (sulfide) groups is 1. The SMILES string of the molecule is O=C(Cn1c2c(sc1=O)C(c1ccco1)C1C(=O)N(c3ccccc3C(F)(F)F)C(=O)C1S2)Nc1cccc2ccccc12. The van der Waals surface area contributed by atoms with E-state index in [4.69, 9.17) is 4.42 Å². The Morgan fingerprint density at radius 3 is 2.43 bits per heavy atom. The molecule has 2 aliphatic rings. The number of carbonyl (C=O) groups is 3. The molecule has 5 aromatic rings. The van der Waals surface area contributed by atoms with Gasteiger partial charge in [-0.2, -0.15) is 13.2 Å². The van der Waals surface area contributed by atoms with Crippen molar-refractivity contribution < 1.29 is 32.0 Å². The third-order valence-corrected chi connectivity index (χ3v) is 10.3. The Bertz CT molecular complexity index is 2010. The second-order valence-corrected chi connectivity index (χ2v) is 12.4. The van der Waals surface area contributed by atoms with E-state index in [1.165, 1.54) is 23.0 Å². The minimum Gasteiger partial charge on any atom is -0.469 e. The molecular formula is C31H20F3N3O5S2. The van der Waals surface area contributed by atoms with E-state index in [0.717, 1.165) is 46.0 Å². The van der Waals surface area contributed by atoms with Crippen molar-refractivity contribution in [3.8, 4) is 0 Å². The molecular weight excluding hydrogens is 615 g/mol. The monoisotopic (exact) mass is 635 g/mol. The molecule has 222 valence electrons. The molecule has 7 rings (SSSR count). The molecule has 3 unspecified atom stereocenters. The van der Waals surface area contributed by atoms with Gasteiger partial charge in [0.1, 0.15) is 17.6 Å². The first kappa shape index (κ1) is 28.2. The highest BCUT2D eigenvalue weighted by atomic mass is 32.2. The van der Waals surface area contributed by atoms with Crippen molar-refractivity contribution in [2.75, 3.05) is 10.2 Å². The average Bonchev–Trinajstić information content (AvgIpc) is 3.70. The molecule has 1 fully saturated rings. The minimum absolute atomic E-state index is 0.280. The van der Waals surface area contributed by atoms with Crippen molar-refractivity contribution in [3.63, 3.8) is 0 Å². The lowest BCUT2D eigenvalue weighted by Crippen LogP contribution is -2.33. The van der Waals surface area contributed by atoms with Crippen LogP contribution in [0.25, 0.3) is 10.8 Å². The van der Waals surface area contributed by atoms with Crippen LogP contribution in [0.1, 0.15) is 22.1 Å². The van der Waals surface area contributed by atoms with Crippen molar-refractivity contribution in [3.05, 3.63) is 111 Å². The van der Waals surface area contributed by atoms with Crippen molar-refractivity contribution in [1.82, 2.24) is 4.57 Å². The van der Waals surface area contributed by atoms with Gasteiger partial charge >= 0.3 is 11.0 Å². The number of carbonyl (C=O) groups excluding carboxylic acids is 3. The van der Waals surface area contributed by atoms with Crippen LogP contribution < -0.4 is 15.1 Å². The van der Waals surface area contributed by atoms with Gasteiger partial charge in [-0.3, -0.25) is 23.7 Å². The predicted octanol–water partition coefficient (Wildman–Crippen LogP) is 6.11. The standard InChI is InChI=1S/C31H20F3N3O5S2/c32-31(33,34)18-10-3-4-12-20(18)37-27(39)24-23(21-13-6-14-42-21)26-29(43-25(24)28(37)40)36(30(41)44-26)15-22(38)35-19-11-5-8-16-7-1-2-9-17(16)19/h1-14,23-25H,15H2,(H,35,38). The molecule has 1 saturated heterocycles. The number of nitrogens with one attached hydrogen (secondary N) is 1. The first-order valence-corrected chi connectivity index (χ1v) is 15.1. The van der Waals surface area contributed by atoms with Crippen LogP contribution in [0.5, 0.6) is 0 Å². The van der Waals surface area contributed by atoms with Gasteiger partial charge in [0.2, 0.25) is 17.7 Å². The number of fused-ring (bicyclic) bond motifs is 3. The molecule has 3 aromatic carbocycles. The lowest BCUT2D eigenvalue weighted by Gasteiger charge is -2.29. The van der Waals surface area contributed by atoms with Crippen LogP contribution in [0.3, 0.4) is 0 Å². The van der Waals surface area contributed by atoms with Crippen molar-refractivity contribution >= 4 is 63.0 Å². The van der Waals surface area contributed by atoms with E-state index in [-0.39, 0.29) is 12.3 Å².